The SMILES string of the molecule is CCCCC(NCCC)c1ccc(COC)o1. The molecule has 1 aromatic rings. The van der Waals surface area contributed by atoms with E-state index in [1.807, 2.05) is 6.07 Å². The minimum absolute atomic E-state index is 0.348. The highest BCUT2D eigenvalue weighted by molar-refractivity contribution is 5.10. The second kappa shape index (κ2) is 8.31. The molecule has 3 heteroatoms. The quantitative estimate of drug-likeness (QED) is 0.714. The minimum Gasteiger partial charge on any atom is -0.462 e. The molecule has 3 nitrogen and oxygen atoms in total. The lowest BCUT2D eigenvalue weighted by Crippen LogP contribution is -2.21. The van der Waals surface area contributed by atoms with Crippen molar-refractivity contribution in [2.24, 2.45) is 0 Å². The topological polar surface area (TPSA) is 34.4 Å². The zero-order chi connectivity index (χ0) is 12.5. The van der Waals surface area contributed by atoms with Gasteiger partial charge in [0.2, 0.25) is 0 Å². The number of nitrogens with one attached hydrogen (secondary N) is 1. The van der Waals surface area contributed by atoms with Crippen molar-refractivity contribution < 1.29 is 9.15 Å². The zero-order valence-corrected chi connectivity index (χ0v) is 11.3. The van der Waals surface area contributed by atoms with Crippen molar-refractivity contribution >= 4 is 0 Å². The summed E-state index contributed by atoms with van der Waals surface area (Å²) in [5, 5.41) is 3.54. The van der Waals surface area contributed by atoms with Gasteiger partial charge < -0.3 is 14.5 Å². The van der Waals surface area contributed by atoms with Crippen LogP contribution in [0.3, 0.4) is 0 Å². The first-order valence-electron chi connectivity index (χ1n) is 6.62. The Morgan fingerprint density at radius 2 is 2.12 bits per heavy atom. The van der Waals surface area contributed by atoms with Gasteiger partial charge in [-0.1, -0.05) is 26.7 Å². The van der Waals surface area contributed by atoms with Crippen molar-refractivity contribution in [1.29, 1.82) is 0 Å². The van der Waals surface area contributed by atoms with Gasteiger partial charge in [0, 0.05) is 7.11 Å². The summed E-state index contributed by atoms with van der Waals surface area (Å²) in [6.07, 6.45) is 4.72. The largest absolute Gasteiger partial charge is 0.462 e. The second-order valence-corrected chi connectivity index (χ2v) is 4.39. The molecule has 0 aromatic carbocycles. The Morgan fingerprint density at radius 3 is 2.76 bits per heavy atom. The summed E-state index contributed by atoms with van der Waals surface area (Å²) in [5.74, 6) is 1.95. The predicted molar refractivity (Wildman–Crippen MR) is 70.0 cm³/mol. The van der Waals surface area contributed by atoms with Gasteiger partial charge in [-0.3, -0.25) is 0 Å². The van der Waals surface area contributed by atoms with E-state index in [1.165, 1.54) is 12.8 Å². The Morgan fingerprint density at radius 1 is 1.29 bits per heavy atom. The molecule has 0 spiro atoms. The average molecular weight is 239 g/mol. The third kappa shape index (κ3) is 4.92. The van der Waals surface area contributed by atoms with Gasteiger partial charge in [0.25, 0.3) is 0 Å². The highest BCUT2D eigenvalue weighted by Gasteiger charge is 2.14. The third-order valence-corrected chi connectivity index (χ3v) is 2.80. The molecule has 17 heavy (non-hydrogen) atoms. The van der Waals surface area contributed by atoms with E-state index < -0.39 is 0 Å². The van der Waals surface area contributed by atoms with Gasteiger partial charge in [0.15, 0.2) is 0 Å². The number of hydrogen-bond acceptors (Lipinski definition) is 3. The molecule has 0 radical (unpaired) electrons. The van der Waals surface area contributed by atoms with Crippen LogP contribution in [0.25, 0.3) is 0 Å². The molecule has 0 bridgehead atoms. The smallest absolute Gasteiger partial charge is 0.129 e. The van der Waals surface area contributed by atoms with Crippen LogP contribution in [-0.4, -0.2) is 13.7 Å². The van der Waals surface area contributed by atoms with Gasteiger partial charge in [-0.2, -0.15) is 0 Å². The first-order chi connectivity index (χ1) is 8.31. The molecule has 0 amide bonds. The first-order valence-corrected chi connectivity index (χ1v) is 6.62. The Kier molecular flexibility index (Phi) is 6.97. The number of furan rings is 1. The van der Waals surface area contributed by atoms with Crippen molar-refractivity contribution in [3.63, 3.8) is 0 Å². The molecule has 0 fully saturated rings. The zero-order valence-electron chi connectivity index (χ0n) is 11.3. The lowest BCUT2D eigenvalue weighted by atomic mass is 10.1. The van der Waals surface area contributed by atoms with E-state index in [1.54, 1.807) is 7.11 Å². The fourth-order valence-electron chi connectivity index (χ4n) is 1.87. The van der Waals surface area contributed by atoms with Gasteiger partial charge in [-0.25, -0.2) is 0 Å². The van der Waals surface area contributed by atoms with Crippen molar-refractivity contribution in [2.75, 3.05) is 13.7 Å². The first kappa shape index (κ1) is 14.3. The molecule has 98 valence electrons. The van der Waals surface area contributed by atoms with E-state index >= 15 is 0 Å². The molecule has 1 aromatic heterocycles. The van der Waals surface area contributed by atoms with Crippen LogP contribution >= 0.6 is 0 Å². The van der Waals surface area contributed by atoms with Crippen LogP contribution in [0, 0.1) is 0 Å². The summed E-state index contributed by atoms with van der Waals surface area (Å²) in [7, 11) is 1.69. The molecule has 0 aliphatic carbocycles. The maximum atomic E-state index is 5.79. The van der Waals surface area contributed by atoms with Crippen LogP contribution in [0.1, 0.15) is 57.1 Å². The molecule has 1 heterocycles. The van der Waals surface area contributed by atoms with E-state index in [0.29, 0.717) is 12.6 Å². The van der Waals surface area contributed by atoms with Gasteiger partial charge in [-0.15, -0.1) is 0 Å². The van der Waals surface area contributed by atoms with Crippen LogP contribution in [0.15, 0.2) is 16.5 Å². The Labute approximate surface area is 105 Å². The van der Waals surface area contributed by atoms with Gasteiger partial charge >= 0.3 is 0 Å². The van der Waals surface area contributed by atoms with E-state index in [9.17, 15) is 0 Å². The molecule has 0 saturated heterocycles. The van der Waals surface area contributed by atoms with E-state index in [-0.39, 0.29) is 0 Å². The molecular formula is C14H25NO2. The van der Waals surface area contributed by atoms with Gasteiger partial charge in [-0.05, 0) is 31.5 Å². The lowest BCUT2D eigenvalue weighted by molar-refractivity contribution is 0.161. The van der Waals surface area contributed by atoms with Crippen LogP contribution in [0.4, 0.5) is 0 Å². The van der Waals surface area contributed by atoms with Gasteiger partial charge in [0.1, 0.15) is 18.1 Å². The molecule has 1 rings (SSSR count). The van der Waals surface area contributed by atoms with Crippen molar-refractivity contribution in [3.05, 3.63) is 23.7 Å². The van der Waals surface area contributed by atoms with Crippen LogP contribution in [0.5, 0.6) is 0 Å². The summed E-state index contributed by atoms with van der Waals surface area (Å²) in [4.78, 5) is 0. The van der Waals surface area contributed by atoms with E-state index in [2.05, 4.69) is 25.2 Å². The maximum absolute atomic E-state index is 5.79. The summed E-state index contributed by atoms with van der Waals surface area (Å²) in [6, 6.07) is 4.42. The number of unbranched alkanes of at least 4 members (excludes halogenated alkanes) is 1. The van der Waals surface area contributed by atoms with Gasteiger partial charge in [0.05, 0.1) is 6.04 Å². The summed E-state index contributed by atoms with van der Waals surface area (Å²) in [5.41, 5.74) is 0. The maximum Gasteiger partial charge on any atom is 0.129 e. The summed E-state index contributed by atoms with van der Waals surface area (Å²) >= 11 is 0. The Bertz CT molecular complexity index is 288. The highest BCUT2D eigenvalue weighted by Crippen LogP contribution is 2.22. The van der Waals surface area contributed by atoms with Crippen molar-refractivity contribution in [3.8, 4) is 0 Å². The summed E-state index contributed by atoms with van der Waals surface area (Å²) < 4.78 is 10.9. The molecule has 0 saturated carbocycles. The lowest BCUT2D eigenvalue weighted by Gasteiger charge is -2.15. The Balaban J connectivity index is 2.58. The fraction of sp³-hybridized carbons (Fsp3) is 0.714. The Hall–Kier alpha value is -0.800. The number of hydrogen-bond donors (Lipinski definition) is 1. The summed E-state index contributed by atoms with van der Waals surface area (Å²) in [6.45, 7) is 5.99. The fourth-order valence-corrected chi connectivity index (χ4v) is 1.87. The number of rotatable bonds is 9. The predicted octanol–water partition coefficient (Wildman–Crippen LogP) is 3.66. The van der Waals surface area contributed by atoms with Crippen LogP contribution in [-0.2, 0) is 11.3 Å². The minimum atomic E-state index is 0.348. The highest BCUT2D eigenvalue weighted by atomic mass is 16.5. The van der Waals surface area contributed by atoms with E-state index in [4.69, 9.17) is 9.15 Å². The molecule has 1 atom stereocenters. The normalized spacial score (nSPS) is 12.9. The molecule has 1 unspecified atom stereocenters. The number of ether oxygens (including phenoxy) is 1. The van der Waals surface area contributed by atoms with Crippen molar-refractivity contribution in [1.82, 2.24) is 5.32 Å². The second-order valence-electron chi connectivity index (χ2n) is 4.39. The van der Waals surface area contributed by atoms with Crippen molar-refractivity contribution in [2.45, 2.75) is 52.2 Å². The van der Waals surface area contributed by atoms with E-state index in [0.717, 1.165) is 30.9 Å². The standard InChI is InChI=1S/C14H25NO2/c1-4-6-7-13(15-10-5-2)14-9-8-12(17-14)11-16-3/h8-9,13,15H,4-7,10-11H2,1-3H3. The number of methoxy groups -OCH3 is 1. The molecule has 0 aliphatic heterocycles. The van der Waals surface area contributed by atoms with Crippen LogP contribution < -0.4 is 5.32 Å². The monoisotopic (exact) mass is 239 g/mol. The molecule has 1 N–H and O–H groups in total. The van der Waals surface area contributed by atoms with Crippen LogP contribution in [0.2, 0.25) is 0 Å². The average Bonchev–Trinajstić information content (AvgIpc) is 2.78. The molecule has 0 aliphatic rings. The molecular weight excluding hydrogens is 214 g/mol. The third-order valence-electron chi connectivity index (χ3n) is 2.80.